The first kappa shape index (κ1) is 15.8. The zero-order valence-electron chi connectivity index (χ0n) is 12.1. The molecule has 1 aliphatic heterocycles. The van der Waals surface area contributed by atoms with Crippen molar-refractivity contribution in [1.29, 1.82) is 0 Å². The van der Waals surface area contributed by atoms with E-state index in [-0.39, 0.29) is 5.91 Å². The van der Waals surface area contributed by atoms with Crippen LogP contribution < -0.4 is 5.73 Å². The van der Waals surface area contributed by atoms with E-state index in [1.54, 1.807) is 18.2 Å². The average molecular weight is 355 g/mol. The number of nitrogens with zero attached hydrogens (tertiary/aromatic N) is 1. The number of benzene rings is 1. The summed E-state index contributed by atoms with van der Waals surface area (Å²) in [5.74, 6) is -1.29. The number of nitrogens with two attached hydrogens (primary N) is 1. The van der Waals surface area contributed by atoms with Gasteiger partial charge in [0.25, 0.3) is 5.91 Å². The Kier molecular flexibility index (Phi) is 4.27. The van der Waals surface area contributed by atoms with Crippen molar-refractivity contribution in [2.24, 2.45) is 5.41 Å². The van der Waals surface area contributed by atoms with Crippen LogP contribution in [-0.2, 0) is 4.79 Å². The van der Waals surface area contributed by atoms with Crippen LogP contribution in [0.15, 0.2) is 22.7 Å². The van der Waals surface area contributed by atoms with Gasteiger partial charge in [0.1, 0.15) is 6.04 Å². The lowest BCUT2D eigenvalue weighted by atomic mass is 9.76. The van der Waals surface area contributed by atoms with Gasteiger partial charge in [-0.05, 0) is 36.5 Å². The summed E-state index contributed by atoms with van der Waals surface area (Å²) in [6, 6.07) is 4.18. The van der Waals surface area contributed by atoms with Crippen LogP contribution in [0.1, 0.15) is 37.0 Å². The number of halogens is 1. The smallest absolute Gasteiger partial charge is 0.326 e. The second-order valence-corrected chi connectivity index (χ2v) is 6.98. The normalized spacial score (nSPS) is 21.1. The molecule has 0 aliphatic carbocycles. The van der Waals surface area contributed by atoms with Gasteiger partial charge in [0.2, 0.25) is 0 Å². The maximum absolute atomic E-state index is 12.7. The Morgan fingerprint density at radius 1 is 1.43 bits per heavy atom. The van der Waals surface area contributed by atoms with Gasteiger partial charge in [-0.15, -0.1) is 0 Å². The number of hydrogen-bond acceptors (Lipinski definition) is 3. The molecule has 0 aromatic heterocycles. The summed E-state index contributed by atoms with van der Waals surface area (Å²) in [5, 5.41) is 9.52. The molecule has 5 nitrogen and oxygen atoms in total. The first-order valence-electron chi connectivity index (χ1n) is 6.83. The summed E-state index contributed by atoms with van der Waals surface area (Å²) in [4.78, 5) is 25.8. The SMILES string of the molecule is CC1(C)CCCN(C(=O)c2ccc(Br)cc2N)C1C(=O)O. The number of carbonyl (C=O) groups excluding carboxylic acids is 1. The van der Waals surface area contributed by atoms with Crippen LogP contribution in [0.3, 0.4) is 0 Å². The number of carboxylic acids is 1. The number of aliphatic carboxylic acids is 1. The molecule has 0 radical (unpaired) electrons. The van der Waals surface area contributed by atoms with Crippen molar-refractivity contribution >= 4 is 33.5 Å². The number of nitrogen functional groups attached to an aromatic ring is 1. The van der Waals surface area contributed by atoms with Crippen LogP contribution in [0.5, 0.6) is 0 Å². The van der Waals surface area contributed by atoms with Crippen LogP contribution in [0, 0.1) is 5.41 Å². The van der Waals surface area contributed by atoms with E-state index >= 15 is 0 Å². The van der Waals surface area contributed by atoms with E-state index in [2.05, 4.69) is 15.9 Å². The van der Waals surface area contributed by atoms with Crippen LogP contribution >= 0.6 is 15.9 Å². The summed E-state index contributed by atoms with van der Waals surface area (Å²) in [5.41, 5.74) is 6.14. The Balaban J connectivity index is 2.38. The molecule has 0 bridgehead atoms. The Labute approximate surface area is 132 Å². The van der Waals surface area contributed by atoms with Crippen LogP contribution in [0.25, 0.3) is 0 Å². The van der Waals surface area contributed by atoms with Crippen LogP contribution in [0.4, 0.5) is 5.69 Å². The highest BCUT2D eigenvalue weighted by molar-refractivity contribution is 9.10. The summed E-state index contributed by atoms with van der Waals surface area (Å²) in [6.07, 6.45) is 1.57. The van der Waals surface area contributed by atoms with E-state index in [1.165, 1.54) is 4.90 Å². The van der Waals surface area contributed by atoms with Gasteiger partial charge >= 0.3 is 5.97 Å². The molecule has 1 fully saturated rings. The van der Waals surface area contributed by atoms with Gasteiger partial charge in [-0.3, -0.25) is 4.79 Å². The van der Waals surface area contributed by atoms with Gasteiger partial charge in [0, 0.05) is 16.7 Å². The minimum Gasteiger partial charge on any atom is -0.480 e. The van der Waals surface area contributed by atoms with Crippen molar-refractivity contribution in [3.05, 3.63) is 28.2 Å². The molecule has 0 saturated carbocycles. The van der Waals surface area contributed by atoms with Gasteiger partial charge < -0.3 is 15.7 Å². The van der Waals surface area contributed by atoms with Crippen molar-refractivity contribution < 1.29 is 14.7 Å². The van der Waals surface area contributed by atoms with Crippen LogP contribution in [-0.4, -0.2) is 34.5 Å². The van der Waals surface area contributed by atoms with E-state index in [0.29, 0.717) is 17.8 Å². The minimum atomic E-state index is -0.969. The molecule has 1 aromatic carbocycles. The molecular weight excluding hydrogens is 336 g/mol. The Hall–Kier alpha value is -1.56. The molecule has 1 aromatic rings. The highest BCUT2D eigenvalue weighted by Gasteiger charge is 2.44. The third-order valence-electron chi connectivity index (χ3n) is 4.01. The largest absolute Gasteiger partial charge is 0.480 e. The number of carbonyl (C=O) groups is 2. The highest BCUT2D eigenvalue weighted by Crippen LogP contribution is 2.36. The summed E-state index contributed by atoms with van der Waals surface area (Å²) < 4.78 is 0.783. The maximum Gasteiger partial charge on any atom is 0.326 e. The fourth-order valence-electron chi connectivity index (χ4n) is 2.96. The second kappa shape index (κ2) is 5.67. The molecular formula is C15H19BrN2O3. The number of rotatable bonds is 2. The molecule has 1 unspecified atom stereocenters. The molecule has 114 valence electrons. The zero-order valence-corrected chi connectivity index (χ0v) is 13.7. The van der Waals surface area contributed by atoms with Gasteiger partial charge in [-0.2, -0.15) is 0 Å². The number of carboxylic acid groups (broad SMARTS) is 1. The average Bonchev–Trinajstić information content (AvgIpc) is 2.36. The molecule has 2 rings (SSSR count). The number of piperidine rings is 1. The lowest BCUT2D eigenvalue weighted by molar-refractivity contribution is -0.148. The number of hydrogen-bond donors (Lipinski definition) is 2. The predicted molar refractivity (Wildman–Crippen MR) is 84.0 cm³/mol. The monoisotopic (exact) mass is 354 g/mol. The van der Waals surface area contributed by atoms with Gasteiger partial charge in [-0.25, -0.2) is 4.79 Å². The minimum absolute atomic E-state index is 0.319. The van der Waals surface area contributed by atoms with E-state index in [0.717, 1.165) is 17.3 Å². The molecule has 0 spiro atoms. The summed E-state index contributed by atoms with van der Waals surface area (Å²) in [7, 11) is 0. The Bertz CT molecular complexity index is 586. The standard InChI is InChI=1S/C15H19BrN2O3/c1-15(2)6-3-7-18(12(15)14(20)21)13(19)10-5-4-9(16)8-11(10)17/h4-5,8,12H,3,6-7,17H2,1-2H3,(H,20,21). The lowest BCUT2D eigenvalue weighted by Gasteiger charge is -2.44. The van der Waals surface area contributed by atoms with Crippen molar-refractivity contribution in [2.75, 3.05) is 12.3 Å². The van der Waals surface area contributed by atoms with E-state index in [4.69, 9.17) is 5.73 Å². The topological polar surface area (TPSA) is 83.6 Å². The highest BCUT2D eigenvalue weighted by atomic mass is 79.9. The van der Waals surface area contributed by atoms with Gasteiger partial charge in [-0.1, -0.05) is 29.8 Å². The lowest BCUT2D eigenvalue weighted by Crippen LogP contribution is -2.56. The van der Waals surface area contributed by atoms with E-state index < -0.39 is 17.4 Å². The molecule has 21 heavy (non-hydrogen) atoms. The van der Waals surface area contributed by atoms with Crippen molar-refractivity contribution in [3.63, 3.8) is 0 Å². The Morgan fingerprint density at radius 2 is 2.10 bits per heavy atom. The first-order valence-corrected chi connectivity index (χ1v) is 7.62. The fourth-order valence-corrected chi connectivity index (χ4v) is 3.34. The van der Waals surface area contributed by atoms with Crippen molar-refractivity contribution in [2.45, 2.75) is 32.7 Å². The quantitative estimate of drug-likeness (QED) is 0.799. The number of anilines is 1. The summed E-state index contributed by atoms with van der Waals surface area (Å²) in [6.45, 7) is 4.21. The second-order valence-electron chi connectivity index (χ2n) is 6.06. The number of amides is 1. The van der Waals surface area contributed by atoms with E-state index in [9.17, 15) is 14.7 Å². The zero-order chi connectivity index (χ0) is 15.8. The first-order chi connectivity index (χ1) is 9.74. The predicted octanol–water partition coefficient (Wildman–Crippen LogP) is 2.75. The molecule has 1 aliphatic rings. The van der Waals surface area contributed by atoms with E-state index in [1.807, 2.05) is 13.8 Å². The molecule has 1 heterocycles. The fraction of sp³-hybridized carbons (Fsp3) is 0.467. The van der Waals surface area contributed by atoms with Gasteiger partial charge in [0.15, 0.2) is 0 Å². The van der Waals surface area contributed by atoms with Crippen molar-refractivity contribution in [1.82, 2.24) is 4.90 Å². The third kappa shape index (κ3) is 3.05. The molecule has 6 heteroatoms. The molecule has 1 saturated heterocycles. The van der Waals surface area contributed by atoms with Gasteiger partial charge in [0.05, 0.1) is 5.56 Å². The Morgan fingerprint density at radius 3 is 2.67 bits per heavy atom. The molecule has 1 atom stereocenters. The number of likely N-dealkylation sites (tertiary alicyclic amines) is 1. The van der Waals surface area contributed by atoms with Crippen LogP contribution in [0.2, 0.25) is 0 Å². The maximum atomic E-state index is 12.7. The third-order valence-corrected chi connectivity index (χ3v) is 4.50. The van der Waals surface area contributed by atoms with Crippen molar-refractivity contribution in [3.8, 4) is 0 Å². The molecule has 1 amide bonds. The molecule has 3 N–H and O–H groups in total. The summed E-state index contributed by atoms with van der Waals surface area (Å²) >= 11 is 3.30.